The Balaban J connectivity index is 1.57. The van der Waals surface area contributed by atoms with Crippen LogP contribution >= 0.6 is 0 Å². The minimum Gasteiger partial charge on any atom is -0.482 e. The number of aromatic nitrogens is 2. The fourth-order valence-corrected chi connectivity index (χ4v) is 2.65. The van der Waals surface area contributed by atoms with Crippen LogP contribution in [0.25, 0.3) is 11.5 Å². The summed E-state index contributed by atoms with van der Waals surface area (Å²) >= 11 is 0. The Hall–Kier alpha value is -3.15. The summed E-state index contributed by atoms with van der Waals surface area (Å²) in [7, 11) is 0. The minimum absolute atomic E-state index is 0.188. The minimum atomic E-state index is -0.660. The molecule has 2 aromatic carbocycles. The molecule has 0 saturated carbocycles. The highest BCUT2D eigenvalue weighted by atomic mass is 16.6. The lowest BCUT2D eigenvalue weighted by Gasteiger charge is -2.11. The first kappa shape index (κ1) is 18.6. The maximum absolute atomic E-state index is 12.0. The number of hydrogen-bond donors (Lipinski definition) is 0. The molecule has 6 heteroatoms. The van der Waals surface area contributed by atoms with E-state index < -0.39 is 12.1 Å². The number of carbonyl (C=O) groups is 1. The van der Waals surface area contributed by atoms with Crippen molar-refractivity contribution >= 4 is 5.97 Å². The lowest BCUT2D eigenvalue weighted by Crippen LogP contribution is -2.17. The Morgan fingerprint density at radius 2 is 1.67 bits per heavy atom. The van der Waals surface area contributed by atoms with Gasteiger partial charge >= 0.3 is 5.97 Å². The molecule has 140 valence electrons. The first-order valence-electron chi connectivity index (χ1n) is 8.72. The highest BCUT2D eigenvalue weighted by molar-refractivity contribution is 5.71. The number of carbonyl (C=O) groups excluding carboxylic acids is 1. The number of esters is 1. The molecule has 1 unspecified atom stereocenters. The summed E-state index contributed by atoms with van der Waals surface area (Å²) in [6, 6.07) is 13.5. The molecule has 0 fully saturated rings. The van der Waals surface area contributed by atoms with Crippen molar-refractivity contribution in [3.05, 3.63) is 65.0 Å². The Kier molecular flexibility index (Phi) is 5.54. The van der Waals surface area contributed by atoms with Gasteiger partial charge in [0.15, 0.2) is 12.7 Å². The van der Waals surface area contributed by atoms with Gasteiger partial charge in [0.2, 0.25) is 5.89 Å². The molecular weight excluding hydrogens is 344 g/mol. The average Bonchev–Trinajstić information content (AvgIpc) is 3.10. The normalized spacial score (nSPS) is 11.9. The van der Waals surface area contributed by atoms with Gasteiger partial charge in [0.1, 0.15) is 5.75 Å². The van der Waals surface area contributed by atoms with Crippen LogP contribution in [0.5, 0.6) is 5.75 Å². The molecule has 0 amide bonds. The van der Waals surface area contributed by atoms with Crippen molar-refractivity contribution in [3.63, 3.8) is 0 Å². The van der Waals surface area contributed by atoms with Crippen LogP contribution in [0.3, 0.4) is 0 Å². The first-order valence-corrected chi connectivity index (χ1v) is 8.72. The third-order valence-electron chi connectivity index (χ3n) is 3.95. The van der Waals surface area contributed by atoms with Crippen LogP contribution in [-0.2, 0) is 9.53 Å². The second-order valence-electron chi connectivity index (χ2n) is 6.56. The zero-order valence-corrected chi connectivity index (χ0v) is 15.9. The molecule has 0 saturated heterocycles. The zero-order chi connectivity index (χ0) is 19.4. The van der Waals surface area contributed by atoms with E-state index >= 15 is 0 Å². The molecular formula is C21H22N2O4. The van der Waals surface area contributed by atoms with Gasteiger partial charge in [-0.1, -0.05) is 23.8 Å². The second-order valence-corrected chi connectivity index (χ2v) is 6.56. The summed E-state index contributed by atoms with van der Waals surface area (Å²) in [5.74, 6) is 0.762. The quantitative estimate of drug-likeness (QED) is 0.604. The fraction of sp³-hybridized carbons (Fsp3) is 0.286. The van der Waals surface area contributed by atoms with E-state index in [2.05, 4.69) is 10.2 Å². The molecule has 0 N–H and O–H groups in total. The number of benzene rings is 2. The van der Waals surface area contributed by atoms with Crippen molar-refractivity contribution in [1.82, 2.24) is 10.2 Å². The Labute approximate surface area is 158 Å². The van der Waals surface area contributed by atoms with Gasteiger partial charge in [0.05, 0.1) is 0 Å². The SMILES string of the molecule is Cc1ccc(-c2nnc(C(C)OC(=O)COc3cc(C)cc(C)c3)o2)cc1. The van der Waals surface area contributed by atoms with Gasteiger partial charge in [0.25, 0.3) is 5.89 Å². The van der Waals surface area contributed by atoms with Crippen LogP contribution in [0.15, 0.2) is 46.9 Å². The third kappa shape index (κ3) is 4.94. The van der Waals surface area contributed by atoms with Gasteiger partial charge in [-0.25, -0.2) is 4.79 Å². The number of nitrogens with zero attached hydrogens (tertiary/aromatic N) is 2. The second kappa shape index (κ2) is 8.03. The maximum atomic E-state index is 12.0. The van der Waals surface area contributed by atoms with E-state index in [4.69, 9.17) is 13.9 Å². The highest BCUT2D eigenvalue weighted by Crippen LogP contribution is 2.23. The van der Waals surface area contributed by atoms with Crippen LogP contribution in [0.2, 0.25) is 0 Å². The maximum Gasteiger partial charge on any atom is 0.344 e. The number of aryl methyl sites for hydroxylation is 3. The number of rotatable bonds is 6. The topological polar surface area (TPSA) is 74.5 Å². The predicted molar refractivity (Wildman–Crippen MR) is 100 cm³/mol. The van der Waals surface area contributed by atoms with Gasteiger partial charge in [-0.2, -0.15) is 0 Å². The predicted octanol–water partition coefficient (Wildman–Crippen LogP) is 4.35. The van der Waals surface area contributed by atoms with Crippen LogP contribution in [0.1, 0.15) is 35.6 Å². The smallest absolute Gasteiger partial charge is 0.344 e. The van der Waals surface area contributed by atoms with E-state index in [0.717, 1.165) is 22.3 Å². The van der Waals surface area contributed by atoms with Crippen molar-refractivity contribution in [2.75, 3.05) is 6.61 Å². The van der Waals surface area contributed by atoms with E-state index in [-0.39, 0.29) is 12.5 Å². The molecule has 3 aromatic rings. The van der Waals surface area contributed by atoms with Crippen molar-refractivity contribution in [3.8, 4) is 17.2 Å². The van der Waals surface area contributed by atoms with Crippen molar-refractivity contribution < 1.29 is 18.7 Å². The van der Waals surface area contributed by atoms with Gasteiger partial charge in [-0.3, -0.25) is 0 Å². The summed E-state index contributed by atoms with van der Waals surface area (Å²) in [5, 5.41) is 7.99. The summed E-state index contributed by atoms with van der Waals surface area (Å²) in [6.07, 6.45) is -0.660. The molecule has 1 heterocycles. The Bertz CT molecular complexity index is 911. The van der Waals surface area contributed by atoms with E-state index in [1.807, 2.05) is 63.2 Å². The molecule has 1 atom stereocenters. The van der Waals surface area contributed by atoms with Gasteiger partial charge in [0, 0.05) is 5.56 Å². The van der Waals surface area contributed by atoms with E-state index in [9.17, 15) is 4.79 Å². The molecule has 0 spiro atoms. The Morgan fingerprint density at radius 3 is 2.33 bits per heavy atom. The summed E-state index contributed by atoms with van der Waals surface area (Å²) in [5.41, 5.74) is 4.10. The van der Waals surface area contributed by atoms with Crippen LogP contribution in [0, 0.1) is 20.8 Å². The Morgan fingerprint density at radius 1 is 1.00 bits per heavy atom. The van der Waals surface area contributed by atoms with Crippen LogP contribution in [0.4, 0.5) is 0 Å². The molecule has 0 aliphatic heterocycles. The zero-order valence-electron chi connectivity index (χ0n) is 15.9. The summed E-state index contributed by atoms with van der Waals surface area (Å²) < 4.78 is 16.5. The lowest BCUT2D eigenvalue weighted by atomic mass is 10.1. The molecule has 3 rings (SSSR count). The van der Waals surface area contributed by atoms with Gasteiger partial charge < -0.3 is 13.9 Å². The molecule has 0 radical (unpaired) electrons. The van der Waals surface area contributed by atoms with Crippen LogP contribution in [-0.4, -0.2) is 22.8 Å². The standard InChI is InChI=1S/C21H22N2O4/c1-13-5-7-17(8-6-13)21-23-22-20(27-21)16(4)26-19(24)12-25-18-10-14(2)9-15(3)11-18/h5-11,16H,12H2,1-4H3. The molecule has 0 bridgehead atoms. The van der Waals surface area contributed by atoms with E-state index in [1.165, 1.54) is 0 Å². The molecule has 6 nitrogen and oxygen atoms in total. The van der Waals surface area contributed by atoms with Crippen molar-refractivity contribution in [1.29, 1.82) is 0 Å². The fourth-order valence-electron chi connectivity index (χ4n) is 2.65. The number of hydrogen-bond acceptors (Lipinski definition) is 6. The largest absolute Gasteiger partial charge is 0.482 e. The first-order chi connectivity index (χ1) is 12.9. The van der Waals surface area contributed by atoms with E-state index in [1.54, 1.807) is 6.92 Å². The highest BCUT2D eigenvalue weighted by Gasteiger charge is 2.19. The average molecular weight is 366 g/mol. The number of ether oxygens (including phenoxy) is 2. The molecule has 1 aromatic heterocycles. The summed E-state index contributed by atoms with van der Waals surface area (Å²) in [4.78, 5) is 12.0. The van der Waals surface area contributed by atoms with Gasteiger partial charge in [-0.05, 0) is 63.1 Å². The van der Waals surface area contributed by atoms with E-state index in [0.29, 0.717) is 11.6 Å². The van der Waals surface area contributed by atoms with Crippen molar-refractivity contribution in [2.24, 2.45) is 0 Å². The van der Waals surface area contributed by atoms with Crippen LogP contribution < -0.4 is 4.74 Å². The third-order valence-corrected chi connectivity index (χ3v) is 3.95. The van der Waals surface area contributed by atoms with Crippen molar-refractivity contribution in [2.45, 2.75) is 33.8 Å². The van der Waals surface area contributed by atoms with Gasteiger partial charge in [-0.15, -0.1) is 10.2 Å². The molecule has 27 heavy (non-hydrogen) atoms. The summed E-state index contributed by atoms with van der Waals surface area (Å²) in [6.45, 7) is 7.45. The molecule has 0 aliphatic carbocycles. The lowest BCUT2D eigenvalue weighted by molar-refractivity contribution is -0.152. The monoisotopic (exact) mass is 366 g/mol. The molecule has 0 aliphatic rings.